The van der Waals surface area contributed by atoms with Gasteiger partial charge in [0.25, 0.3) is 6.43 Å². The van der Waals surface area contributed by atoms with E-state index in [1.165, 1.54) is 0 Å². The Morgan fingerprint density at radius 3 is 2.96 bits per heavy atom. The van der Waals surface area contributed by atoms with Crippen molar-refractivity contribution in [2.45, 2.75) is 18.9 Å². The van der Waals surface area contributed by atoms with Gasteiger partial charge in [-0.1, -0.05) is 12.1 Å². The minimum Gasteiger partial charge on any atom is -0.385 e. The molecule has 0 spiro atoms. The number of rotatable bonds is 5. The van der Waals surface area contributed by atoms with Crippen molar-refractivity contribution >= 4 is 16.7 Å². The molecule has 0 N–H and O–H groups in total. The van der Waals surface area contributed by atoms with Crippen LogP contribution >= 0.6 is 0 Å². The fraction of sp³-hybridized carbons (Fsp3) is 0.500. The fourth-order valence-corrected chi connectivity index (χ4v) is 2.82. The standard InChI is InChI=1S/C16H19F2N3O2/c1-22-8-6-11-10-23-9-7-21(11)16-12-4-2-3-5-13(12)19-15(20-16)14(17)18/h2-5,11,14H,6-10H2,1H3/t11-/m1/s1. The molecule has 23 heavy (non-hydrogen) atoms. The van der Waals surface area contributed by atoms with Crippen LogP contribution in [0.1, 0.15) is 18.7 Å². The van der Waals surface area contributed by atoms with E-state index in [4.69, 9.17) is 9.47 Å². The molecule has 7 heteroatoms. The summed E-state index contributed by atoms with van der Waals surface area (Å²) in [5, 5.41) is 0.779. The number of morpholine rings is 1. The molecule has 0 amide bonds. The summed E-state index contributed by atoms with van der Waals surface area (Å²) in [5.41, 5.74) is 0.532. The summed E-state index contributed by atoms with van der Waals surface area (Å²) in [6.07, 6.45) is -1.95. The largest absolute Gasteiger partial charge is 0.385 e. The van der Waals surface area contributed by atoms with Crippen LogP contribution in [0.5, 0.6) is 0 Å². The monoisotopic (exact) mass is 323 g/mol. The third-order valence-corrected chi connectivity index (χ3v) is 3.95. The van der Waals surface area contributed by atoms with Crippen molar-refractivity contribution in [2.24, 2.45) is 0 Å². The number of nitrogens with zero attached hydrogens (tertiary/aromatic N) is 3. The van der Waals surface area contributed by atoms with Gasteiger partial charge in [-0.2, -0.15) is 0 Å². The molecule has 0 saturated carbocycles. The highest BCUT2D eigenvalue weighted by molar-refractivity contribution is 5.89. The topological polar surface area (TPSA) is 47.5 Å². The van der Waals surface area contributed by atoms with Gasteiger partial charge in [0.2, 0.25) is 0 Å². The normalized spacial score (nSPS) is 18.8. The first-order chi connectivity index (χ1) is 11.2. The number of para-hydroxylation sites is 1. The van der Waals surface area contributed by atoms with Crippen LogP contribution in [0, 0.1) is 0 Å². The number of anilines is 1. The maximum absolute atomic E-state index is 13.2. The number of fused-ring (bicyclic) bond motifs is 1. The Hall–Kier alpha value is -1.86. The van der Waals surface area contributed by atoms with Crippen molar-refractivity contribution < 1.29 is 18.3 Å². The Kier molecular flexibility index (Phi) is 4.97. The maximum atomic E-state index is 13.2. The summed E-state index contributed by atoms with van der Waals surface area (Å²) >= 11 is 0. The molecule has 2 heterocycles. The molecule has 1 aliphatic rings. The summed E-state index contributed by atoms with van der Waals surface area (Å²) < 4.78 is 37.0. The summed E-state index contributed by atoms with van der Waals surface area (Å²) in [7, 11) is 1.64. The predicted octanol–water partition coefficient (Wildman–Crippen LogP) is 2.81. The van der Waals surface area contributed by atoms with Crippen molar-refractivity contribution in [3.63, 3.8) is 0 Å². The molecule has 5 nitrogen and oxygen atoms in total. The third-order valence-electron chi connectivity index (χ3n) is 3.95. The number of benzene rings is 1. The van der Waals surface area contributed by atoms with Crippen LogP contribution in [0.2, 0.25) is 0 Å². The number of aromatic nitrogens is 2. The summed E-state index contributed by atoms with van der Waals surface area (Å²) in [4.78, 5) is 10.2. The Morgan fingerprint density at radius 2 is 2.17 bits per heavy atom. The first kappa shape index (κ1) is 16.0. The predicted molar refractivity (Wildman–Crippen MR) is 82.9 cm³/mol. The molecular formula is C16H19F2N3O2. The molecule has 1 aliphatic heterocycles. The minimum absolute atomic E-state index is 0.0486. The van der Waals surface area contributed by atoms with Crippen molar-refractivity contribution in [3.8, 4) is 0 Å². The first-order valence-corrected chi connectivity index (χ1v) is 7.59. The lowest BCUT2D eigenvalue weighted by Gasteiger charge is -2.37. The molecule has 1 aromatic heterocycles. The smallest absolute Gasteiger partial charge is 0.297 e. The highest BCUT2D eigenvalue weighted by atomic mass is 19.3. The average molecular weight is 323 g/mol. The minimum atomic E-state index is -2.70. The van der Waals surface area contributed by atoms with Gasteiger partial charge in [-0.3, -0.25) is 0 Å². The Labute approximate surface area is 133 Å². The SMILES string of the molecule is COCC[C@@H]1COCCN1c1nc(C(F)F)nc2ccccc12. The van der Waals surface area contributed by atoms with Crippen LogP contribution in [-0.4, -0.2) is 49.5 Å². The molecule has 124 valence electrons. The first-order valence-electron chi connectivity index (χ1n) is 7.59. The Bertz CT molecular complexity index is 669. The van der Waals surface area contributed by atoms with E-state index in [0.29, 0.717) is 37.7 Å². The highest BCUT2D eigenvalue weighted by Crippen LogP contribution is 2.29. The van der Waals surface area contributed by atoms with Gasteiger partial charge in [0.05, 0.1) is 24.8 Å². The second-order valence-corrected chi connectivity index (χ2v) is 5.43. The molecule has 1 atom stereocenters. The number of hydrogen-bond donors (Lipinski definition) is 0. The number of ether oxygens (including phenoxy) is 2. The summed E-state index contributed by atoms with van der Waals surface area (Å²) in [6, 6.07) is 7.30. The Morgan fingerprint density at radius 1 is 1.35 bits per heavy atom. The lowest BCUT2D eigenvalue weighted by Crippen LogP contribution is -2.46. The molecule has 0 bridgehead atoms. The van der Waals surface area contributed by atoms with Crippen LogP contribution < -0.4 is 4.90 Å². The van der Waals surface area contributed by atoms with Gasteiger partial charge < -0.3 is 14.4 Å². The van der Waals surface area contributed by atoms with Gasteiger partial charge in [0.1, 0.15) is 5.82 Å². The fourth-order valence-electron chi connectivity index (χ4n) is 2.82. The molecule has 0 radical (unpaired) electrons. The molecule has 2 aromatic rings. The molecule has 0 aliphatic carbocycles. The van der Waals surface area contributed by atoms with Gasteiger partial charge in [0.15, 0.2) is 5.82 Å². The summed E-state index contributed by atoms with van der Waals surface area (Å²) in [5.74, 6) is 0.117. The van der Waals surface area contributed by atoms with Crippen LogP contribution in [0.3, 0.4) is 0 Å². The zero-order valence-corrected chi connectivity index (χ0v) is 12.9. The zero-order valence-electron chi connectivity index (χ0n) is 12.9. The van der Waals surface area contributed by atoms with E-state index in [9.17, 15) is 8.78 Å². The van der Waals surface area contributed by atoms with Crippen molar-refractivity contribution in [1.29, 1.82) is 0 Å². The van der Waals surface area contributed by atoms with Gasteiger partial charge >= 0.3 is 0 Å². The molecule has 1 fully saturated rings. The molecule has 1 aromatic carbocycles. The van der Waals surface area contributed by atoms with Gasteiger partial charge in [-0.25, -0.2) is 18.7 Å². The van der Waals surface area contributed by atoms with Crippen LogP contribution in [-0.2, 0) is 9.47 Å². The molecule has 0 unspecified atom stereocenters. The number of methoxy groups -OCH3 is 1. The van der Waals surface area contributed by atoms with Gasteiger partial charge in [-0.05, 0) is 18.6 Å². The van der Waals surface area contributed by atoms with E-state index in [1.54, 1.807) is 19.2 Å². The second kappa shape index (κ2) is 7.14. The van der Waals surface area contributed by atoms with E-state index in [0.717, 1.165) is 11.8 Å². The van der Waals surface area contributed by atoms with E-state index in [2.05, 4.69) is 9.97 Å². The van der Waals surface area contributed by atoms with Crippen molar-refractivity contribution in [1.82, 2.24) is 9.97 Å². The lowest BCUT2D eigenvalue weighted by molar-refractivity contribution is 0.0793. The van der Waals surface area contributed by atoms with Crippen LogP contribution in [0.4, 0.5) is 14.6 Å². The number of halogens is 2. The van der Waals surface area contributed by atoms with Gasteiger partial charge in [-0.15, -0.1) is 0 Å². The second-order valence-electron chi connectivity index (χ2n) is 5.43. The summed E-state index contributed by atoms with van der Waals surface area (Å²) in [6.45, 7) is 2.27. The third kappa shape index (κ3) is 3.40. The van der Waals surface area contributed by atoms with E-state index in [1.807, 2.05) is 17.0 Å². The van der Waals surface area contributed by atoms with Crippen molar-refractivity contribution in [2.75, 3.05) is 38.4 Å². The zero-order chi connectivity index (χ0) is 16.2. The van der Waals surface area contributed by atoms with Crippen molar-refractivity contribution in [3.05, 3.63) is 30.1 Å². The molecular weight excluding hydrogens is 304 g/mol. The van der Waals surface area contributed by atoms with Crippen LogP contribution in [0.15, 0.2) is 24.3 Å². The van der Waals surface area contributed by atoms with E-state index in [-0.39, 0.29) is 6.04 Å². The number of hydrogen-bond acceptors (Lipinski definition) is 5. The molecule has 3 rings (SSSR count). The van der Waals surface area contributed by atoms with E-state index < -0.39 is 12.2 Å². The van der Waals surface area contributed by atoms with E-state index >= 15 is 0 Å². The molecule has 1 saturated heterocycles. The quantitative estimate of drug-likeness (QED) is 0.847. The lowest BCUT2D eigenvalue weighted by atomic mass is 10.1. The number of alkyl halides is 2. The Balaban J connectivity index is 2.05. The maximum Gasteiger partial charge on any atom is 0.297 e. The van der Waals surface area contributed by atoms with Crippen LogP contribution in [0.25, 0.3) is 10.9 Å². The highest BCUT2D eigenvalue weighted by Gasteiger charge is 2.27. The van der Waals surface area contributed by atoms with Gasteiger partial charge in [0, 0.05) is 25.6 Å². The average Bonchev–Trinajstić information content (AvgIpc) is 2.59.